The lowest BCUT2D eigenvalue weighted by molar-refractivity contribution is -0.137. The number of hydrogen-bond donors (Lipinski definition) is 1. The zero-order chi connectivity index (χ0) is 15.6. The van der Waals surface area contributed by atoms with Gasteiger partial charge in [-0.15, -0.1) is 0 Å². The van der Waals surface area contributed by atoms with Crippen LogP contribution in [0.4, 0.5) is 13.2 Å². The molecule has 0 saturated heterocycles. The lowest BCUT2D eigenvalue weighted by Crippen LogP contribution is -2.36. The van der Waals surface area contributed by atoms with E-state index in [2.05, 4.69) is 0 Å². The molecule has 0 heterocycles. The van der Waals surface area contributed by atoms with E-state index in [0.717, 1.165) is 25.2 Å². The normalized spacial score (nSPS) is 12.7. The second-order valence-electron chi connectivity index (χ2n) is 4.18. The third-order valence-corrected chi connectivity index (χ3v) is 4.23. The van der Waals surface area contributed by atoms with Crippen molar-refractivity contribution in [3.63, 3.8) is 0 Å². The number of sulfonamides is 1. The van der Waals surface area contributed by atoms with Gasteiger partial charge in [-0.2, -0.15) is 17.5 Å². The molecule has 1 aromatic rings. The Bertz CT molecular complexity index is 599. The molecule has 20 heavy (non-hydrogen) atoms. The minimum Gasteiger partial charge on any atom is -0.369 e. The van der Waals surface area contributed by atoms with Gasteiger partial charge in [-0.3, -0.25) is 4.79 Å². The summed E-state index contributed by atoms with van der Waals surface area (Å²) in [6.45, 7) is -0.526. The first-order chi connectivity index (χ1) is 9.02. The highest BCUT2D eigenvalue weighted by Crippen LogP contribution is 2.29. The third-order valence-electron chi connectivity index (χ3n) is 2.46. The van der Waals surface area contributed by atoms with Crippen LogP contribution in [0.3, 0.4) is 0 Å². The minimum atomic E-state index is -4.54. The summed E-state index contributed by atoms with van der Waals surface area (Å²) < 4.78 is 61.9. The zero-order valence-electron chi connectivity index (χ0n) is 10.5. The average Bonchev–Trinajstić information content (AvgIpc) is 2.26. The molecule has 0 spiro atoms. The second kappa shape index (κ2) is 5.80. The second-order valence-corrected chi connectivity index (χ2v) is 6.25. The van der Waals surface area contributed by atoms with Crippen molar-refractivity contribution in [1.82, 2.24) is 4.31 Å². The molecule has 0 aliphatic rings. The van der Waals surface area contributed by atoms with Gasteiger partial charge in [0.25, 0.3) is 0 Å². The molecule has 0 fully saturated rings. The molecule has 0 bridgehead atoms. The van der Waals surface area contributed by atoms with E-state index in [-0.39, 0.29) is 5.56 Å². The SMILES string of the molecule is CN(CC(N)=O)S(=O)(=O)Cc1cccc(C(F)(F)F)c1. The molecule has 2 N–H and O–H groups in total. The molecule has 1 aromatic carbocycles. The topological polar surface area (TPSA) is 80.5 Å². The molecule has 112 valence electrons. The Balaban J connectivity index is 2.96. The first-order valence-corrected chi connectivity index (χ1v) is 7.02. The van der Waals surface area contributed by atoms with Crippen molar-refractivity contribution in [3.05, 3.63) is 35.4 Å². The van der Waals surface area contributed by atoms with Crippen LogP contribution >= 0.6 is 0 Å². The number of nitrogens with zero attached hydrogens (tertiary/aromatic N) is 1. The first-order valence-electron chi connectivity index (χ1n) is 5.41. The number of primary amides is 1. The zero-order valence-corrected chi connectivity index (χ0v) is 11.3. The number of nitrogens with two attached hydrogens (primary N) is 1. The Morgan fingerprint density at radius 3 is 2.45 bits per heavy atom. The van der Waals surface area contributed by atoms with E-state index in [4.69, 9.17) is 5.73 Å². The van der Waals surface area contributed by atoms with Gasteiger partial charge in [0.15, 0.2) is 0 Å². The van der Waals surface area contributed by atoms with Crippen LogP contribution in [0.1, 0.15) is 11.1 Å². The molecule has 0 aliphatic heterocycles. The number of hydrogen-bond acceptors (Lipinski definition) is 3. The highest BCUT2D eigenvalue weighted by Gasteiger charge is 2.31. The van der Waals surface area contributed by atoms with E-state index in [1.54, 1.807) is 0 Å². The number of halogens is 3. The lowest BCUT2D eigenvalue weighted by atomic mass is 10.1. The molecule has 9 heteroatoms. The Hall–Kier alpha value is -1.61. The van der Waals surface area contributed by atoms with Crippen molar-refractivity contribution >= 4 is 15.9 Å². The van der Waals surface area contributed by atoms with E-state index >= 15 is 0 Å². The van der Waals surface area contributed by atoms with Crippen LogP contribution in [0, 0.1) is 0 Å². The largest absolute Gasteiger partial charge is 0.416 e. The number of carbonyl (C=O) groups excluding carboxylic acids is 1. The van der Waals surface area contributed by atoms with E-state index in [9.17, 15) is 26.4 Å². The van der Waals surface area contributed by atoms with Gasteiger partial charge in [0.05, 0.1) is 17.9 Å². The van der Waals surface area contributed by atoms with Gasteiger partial charge in [-0.1, -0.05) is 18.2 Å². The van der Waals surface area contributed by atoms with Crippen LogP contribution in [-0.4, -0.2) is 32.2 Å². The summed E-state index contributed by atoms with van der Waals surface area (Å²) in [5, 5.41) is 0. The Labute approximate surface area is 114 Å². The van der Waals surface area contributed by atoms with Gasteiger partial charge in [-0.25, -0.2) is 8.42 Å². The highest BCUT2D eigenvalue weighted by molar-refractivity contribution is 7.88. The maximum Gasteiger partial charge on any atom is 0.416 e. The Morgan fingerprint density at radius 1 is 1.35 bits per heavy atom. The minimum absolute atomic E-state index is 0.0175. The fraction of sp³-hybridized carbons (Fsp3) is 0.364. The van der Waals surface area contributed by atoms with Gasteiger partial charge in [0.1, 0.15) is 0 Å². The van der Waals surface area contributed by atoms with Crippen LogP contribution in [0.2, 0.25) is 0 Å². The van der Waals surface area contributed by atoms with Crippen LogP contribution in [0.5, 0.6) is 0 Å². The van der Waals surface area contributed by atoms with Crippen molar-refractivity contribution in [2.24, 2.45) is 5.73 Å². The quantitative estimate of drug-likeness (QED) is 0.879. The molecule has 5 nitrogen and oxygen atoms in total. The van der Waals surface area contributed by atoms with Crippen LogP contribution < -0.4 is 5.73 Å². The summed E-state index contributed by atoms with van der Waals surface area (Å²) in [6.07, 6.45) is -4.54. The van der Waals surface area contributed by atoms with Crippen molar-refractivity contribution < 1.29 is 26.4 Å². The Kier molecular flexibility index (Phi) is 4.77. The summed E-state index contributed by atoms with van der Waals surface area (Å²) in [7, 11) is -2.77. The van der Waals surface area contributed by atoms with Crippen molar-refractivity contribution in [2.45, 2.75) is 11.9 Å². The standard InChI is InChI=1S/C11H13F3N2O3S/c1-16(6-10(15)17)20(18,19)7-8-3-2-4-9(5-8)11(12,13)14/h2-5H,6-7H2,1H3,(H2,15,17). The smallest absolute Gasteiger partial charge is 0.369 e. The molecule has 0 aromatic heterocycles. The number of amides is 1. The predicted octanol–water partition coefficient (Wildman–Crippen LogP) is 0.952. The van der Waals surface area contributed by atoms with Gasteiger partial charge >= 0.3 is 6.18 Å². The van der Waals surface area contributed by atoms with Crippen molar-refractivity contribution in [3.8, 4) is 0 Å². The first kappa shape index (κ1) is 16.4. The summed E-state index contributed by atoms with van der Waals surface area (Å²) in [5.41, 5.74) is 3.93. The van der Waals surface area contributed by atoms with Crippen LogP contribution in [0.15, 0.2) is 24.3 Å². The highest BCUT2D eigenvalue weighted by atomic mass is 32.2. The summed E-state index contributed by atoms with van der Waals surface area (Å²) in [5.74, 6) is -1.49. The molecule has 1 rings (SSSR count). The third kappa shape index (κ3) is 4.49. The van der Waals surface area contributed by atoms with Gasteiger partial charge < -0.3 is 5.73 Å². The van der Waals surface area contributed by atoms with Crippen LogP contribution in [0.25, 0.3) is 0 Å². The molecule has 0 radical (unpaired) electrons. The van der Waals surface area contributed by atoms with Gasteiger partial charge in [0.2, 0.25) is 15.9 Å². The number of carbonyl (C=O) groups is 1. The number of likely N-dealkylation sites (N-methyl/N-ethyl adjacent to an activating group) is 1. The maximum atomic E-state index is 12.5. The number of alkyl halides is 3. The molecular formula is C11H13F3N2O3S. The van der Waals surface area contributed by atoms with E-state index < -0.39 is 40.0 Å². The fourth-order valence-electron chi connectivity index (χ4n) is 1.48. The fourth-order valence-corrected chi connectivity index (χ4v) is 2.62. The molecule has 0 aliphatic carbocycles. The Morgan fingerprint density at radius 2 is 1.95 bits per heavy atom. The molecular weight excluding hydrogens is 297 g/mol. The maximum absolute atomic E-state index is 12.5. The van der Waals surface area contributed by atoms with Gasteiger partial charge in [-0.05, 0) is 11.6 Å². The summed E-state index contributed by atoms with van der Waals surface area (Å²) in [6, 6.07) is 4.01. The van der Waals surface area contributed by atoms with Crippen LogP contribution in [-0.2, 0) is 26.7 Å². The van der Waals surface area contributed by atoms with Crippen molar-refractivity contribution in [1.29, 1.82) is 0 Å². The summed E-state index contributed by atoms with van der Waals surface area (Å²) in [4.78, 5) is 10.7. The number of benzene rings is 1. The summed E-state index contributed by atoms with van der Waals surface area (Å²) >= 11 is 0. The lowest BCUT2D eigenvalue weighted by Gasteiger charge is -2.16. The number of rotatable bonds is 5. The van der Waals surface area contributed by atoms with E-state index in [1.165, 1.54) is 6.07 Å². The van der Waals surface area contributed by atoms with Crippen molar-refractivity contribution in [2.75, 3.05) is 13.6 Å². The average molecular weight is 310 g/mol. The van der Waals surface area contributed by atoms with Gasteiger partial charge in [0, 0.05) is 7.05 Å². The molecule has 0 atom stereocenters. The molecule has 0 unspecified atom stereocenters. The molecule has 1 amide bonds. The van der Waals surface area contributed by atoms with E-state index in [1.807, 2.05) is 0 Å². The molecule has 0 saturated carbocycles. The monoisotopic (exact) mass is 310 g/mol. The predicted molar refractivity (Wildman–Crippen MR) is 65.9 cm³/mol. The van der Waals surface area contributed by atoms with E-state index in [0.29, 0.717) is 4.31 Å².